The number of hydrogen-bond acceptors (Lipinski definition) is 1. The van der Waals surface area contributed by atoms with Gasteiger partial charge in [-0.3, -0.25) is 0 Å². The Morgan fingerprint density at radius 3 is 2.22 bits per heavy atom. The van der Waals surface area contributed by atoms with Crippen molar-refractivity contribution in [2.45, 2.75) is 64.2 Å². The van der Waals surface area contributed by atoms with Crippen molar-refractivity contribution in [3.63, 3.8) is 0 Å². The van der Waals surface area contributed by atoms with Crippen LogP contribution in [0.1, 0.15) is 69.8 Å². The maximum Gasteiger partial charge on any atom is 0.119 e. The van der Waals surface area contributed by atoms with Crippen molar-refractivity contribution in [1.82, 2.24) is 0 Å². The first-order valence-electron chi connectivity index (χ1n) is 7.33. The number of aldehydes is 1. The average molecular weight is 246 g/mol. The third-order valence-corrected chi connectivity index (χ3v) is 3.58. The molecule has 1 nitrogen and oxygen atoms in total. The van der Waals surface area contributed by atoms with Crippen LogP contribution in [0.4, 0.5) is 0 Å². The summed E-state index contributed by atoms with van der Waals surface area (Å²) in [5.41, 5.74) is 1.46. The van der Waals surface area contributed by atoms with E-state index in [4.69, 9.17) is 0 Å². The van der Waals surface area contributed by atoms with Gasteiger partial charge in [0.05, 0.1) is 0 Å². The van der Waals surface area contributed by atoms with Crippen molar-refractivity contribution < 1.29 is 4.79 Å². The van der Waals surface area contributed by atoms with E-state index in [-0.39, 0.29) is 0 Å². The van der Waals surface area contributed by atoms with Crippen LogP contribution in [-0.4, -0.2) is 6.29 Å². The van der Waals surface area contributed by atoms with Gasteiger partial charge in [0.15, 0.2) is 0 Å². The van der Waals surface area contributed by atoms with Crippen LogP contribution < -0.4 is 0 Å². The standard InChI is InChI=1S/C17H26O/c1-16(17-13-9-7-10-14-17)12-8-5-3-2-4-6-11-15-18/h7,9-10,13-16H,2-6,8,11-12H2,1H3. The number of carbonyl (C=O) groups is 1. The summed E-state index contributed by atoms with van der Waals surface area (Å²) in [6.07, 6.45) is 10.6. The fraction of sp³-hybridized carbons (Fsp3) is 0.588. The molecule has 0 spiro atoms. The summed E-state index contributed by atoms with van der Waals surface area (Å²) in [4.78, 5) is 10.1. The highest BCUT2D eigenvalue weighted by Gasteiger charge is 2.03. The predicted molar refractivity (Wildman–Crippen MR) is 77.9 cm³/mol. The highest BCUT2D eigenvalue weighted by atomic mass is 16.1. The Kier molecular flexibility index (Phi) is 8.20. The number of carbonyl (C=O) groups excluding carboxylic acids is 1. The first kappa shape index (κ1) is 14.9. The van der Waals surface area contributed by atoms with Crippen molar-refractivity contribution in [3.05, 3.63) is 35.9 Å². The van der Waals surface area contributed by atoms with Gasteiger partial charge in [0.2, 0.25) is 0 Å². The van der Waals surface area contributed by atoms with Gasteiger partial charge in [-0.15, -0.1) is 0 Å². The molecule has 0 fully saturated rings. The monoisotopic (exact) mass is 246 g/mol. The van der Waals surface area contributed by atoms with Crippen molar-refractivity contribution in [2.24, 2.45) is 0 Å². The summed E-state index contributed by atoms with van der Waals surface area (Å²) >= 11 is 0. The van der Waals surface area contributed by atoms with E-state index in [9.17, 15) is 4.79 Å². The van der Waals surface area contributed by atoms with Crippen molar-refractivity contribution >= 4 is 6.29 Å². The topological polar surface area (TPSA) is 17.1 Å². The molecule has 0 saturated carbocycles. The molecule has 1 atom stereocenters. The van der Waals surface area contributed by atoms with Crippen LogP contribution in [0.25, 0.3) is 0 Å². The minimum atomic E-state index is 0.682. The van der Waals surface area contributed by atoms with E-state index in [1.54, 1.807) is 0 Å². The maximum atomic E-state index is 10.1. The second-order valence-corrected chi connectivity index (χ2v) is 5.18. The summed E-state index contributed by atoms with van der Waals surface area (Å²) in [6.45, 7) is 2.32. The second-order valence-electron chi connectivity index (χ2n) is 5.18. The lowest BCUT2D eigenvalue weighted by atomic mass is 9.95. The van der Waals surface area contributed by atoms with Gasteiger partial charge in [-0.25, -0.2) is 0 Å². The average Bonchev–Trinajstić information content (AvgIpc) is 2.42. The van der Waals surface area contributed by atoms with E-state index in [1.807, 2.05) is 0 Å². The molecule has 0 aromatic heterocycles. The predicted octanol–water partition coefficient (Wildman–Crippen LogP) is 5.11. The zero-order valence-corrected chi connectivity index (χ0v) is 11.6. The molecule has 0 saturated heterocycles. The van der Waals surface area contributed by atoms with Gasteiger partial charge in [-0.05, 0) is 24.3 Å². The number of unbranched alkanes of at least 4 members (excludes halogenated alkanes) is 6. The molecule has 0 heterocycles. The lowest BCUT2D eigenvalue weighted by Gasteiger charge is -2.11. The summed E-state index contributed by atoms with van der Waals surface area (Å²) in [5, 5.41) is 0. The summed E-state index contributed by atoms with van der Waals surface area (Å²) in [5.74, 6) is 0.682. The minimum Gasteiger partial charge on any atom is -0.303 e. The smallest absolute Gasteiger partial charge is 0.119 e. The third kappa shape index (κ3) is 6.58. The fourth-order valence-electron chi connectivity index (χ4n) is 2.33. The third-order valence-electron chi connectivity index (χ3n) is 3.58. The van der Waals surface area contributed by atoms with Crippen molar-refractivity contribution in [3.8, 4) is 0 Å². The van der Waals surface area contributed by atoms with Crippen LogP contribution in [0, 0.1) is 0 Å². The molecule has 1 heteroatoms. The lowest BCUT2D eigenvalue weighted by Crippen LogP contribution is -1.93. The van der Waals surface area contributed by atoms with Gasteiger partial charge in [-0.2, -0.15) is 0 Å². The number of hydrogen-bond donors (Lipinski definition) is 0. The Labute approximate surface area is 112 Å². The summed E-state index contributed by atoms with van der Waals surface area (Å²) in [6, 6.07) is 10.8. The first-order valence-corrected chi connectivity index (χ1v) is 7.33. The van der Waals surface area contributed by atoms with Crippen LogP contribution in [0.5, 0.6) is 0 Å². The van der Waals surface area contributed by atoms with Crippen molar-refractivity contribution in [1.29, 1.82) is 0 Å². The van der Waals surface area contributed by atoms with E-state index >= 15 is 0 Å². The molecule has 0 N–H and O–H groups in total. The molecule has 0 amide bonds. The minimum absolute atomic E-state index is 0.682. The second kappa shape index (κ2) is 9.87. The Morgan fingerprint density at radius 2 is 1.56 bits per heavy atom. The molecule has 1 rings (SSSR count). The zero-order chi connectivity index (χ0) is 13.1. The van der Waals surface area contributed by atoms with Crippen LogP contribution in [0.2, 0.25) is 0 Å². The molecule has 0 aliphatic rings. The molecule has 1 aromatic carbocycles. The molecule has 0 bridgehead atoms. The van der Waals surface area contributed by atoms with Gasteiger partial charge < -0.3 is 4.79 Å². The zero-order valence-electron chi connectivity index (χ0n) is 11.6. The van der Waals surface area contributed by atoms with Gasteiger partial charge in [-0.1, -0.05) is 69.4 Å². The molecular weight excluding hydrogens is 220 g/mol. The van der Waals surface area contributed by atoms with Gasteiger partial charge in [0.25, 0.3) is 0 Å². The SMILES string of the molecule is CC(CCCCCCCCC=O)c1ccccc1. The molecule has 0 aliphatic carbocycles. The van der Waals surface area contributed by atoms with Crippen LogP contribution in [0.3, 0.4) is 0 Å². The maximum absolute atomic E-state index is 10.1. The van der Waals surface area contributed by atoms with E-state index in [1.165, 1.54) is 44.1 Å². The van der Waals surface area contributed by atoms with Crippen molar-refractivity contribution in [2.75, 3.05) is 0 Å². The Hall–Kier alpha value is -1.11. The van der Waals surface area contributed by atoms with Gasteiger partial charge in [0.1, 0.15) is 6.29 Å². The lowest BCUT2D eigenvalue weighted by molar-refractivity contribution is -0.107. The molecule has 18 heavy (non-hydrogen) atoms. The summed E-state index contributed by atoms with van der Waals surface area (Å²) in [7, 11) is 0. The van der Waals surface area contributed by atoms with Gasteiger partial charge in [0, 0.05) is 6.42 Å². The Balaban J connectivity index is 1.99. The molecule has 100 valence electrons. The van der Waals surface area contributed by atoms with Crippen LogP contribution in [0.15, 0.2) is 30.3 Å². The Bertz CT molecular complexity index is 305. The Morgan fingerprint density at radius 1 is 0.944 bits per heavy atom. The molecule has 0 aliphatic heterocycles. The van der Waals surface area contributed by atoms with E-state index in [2.05, 4.69) is 37.3 Å². The largest absolute Gasteiger partial charge is 0.303 e. The highest BCUT2D eigenvalue weighted by Crippen LogP contribution is 2.21. The van der Waals surface area contributed by atoms with E-state index in [0.717, 1.165) is 19.1 Å². The number of rotatable bonds is 10. The molecule has 1 aromatic rings. The van der Waals surface area contributed by atoms with E-state index < -0.39 is 0 Å². The molecule has 1 unspecified atom stereocenters. The van der Waals surface area contributed by atoms with Gasteiger partial charge >= 0.3 is 0 Å². The fourth-order valence-corrected chi connectivity index (χ4v) is 2.33. The molecular formula is C17H26O. The van der Waals surface area contributed by atoms with E-state index in [0.29, 0.717) is 5.92 Å². The number of benzene rings is 1. The summed E-state index contributed by atoms with van der Waals surface area (Å²) < 4.78 is 0. The highest BCUT2D eigenvalue weighted by molar-refractivity contribution is 5.48. The van der Waals surface area contributed by atoms with Crippen LogP contribution >= 0.6 is 0 Å². The first-order chi connectivity index (χ1) is 8.84. The van der Waals surface area contributed by atoms with Crippen LogP contribution in [-0.2, 0) is 4.79 Å². The quantitative estimate of drug-likeness (QED) is 0.414. The normalized spacial score (nSPS) is 12.3. The molecule has 0 radical (unpaired) electrons.